The van der Waals surface area contributed by atoms with E-state index in [0.29, 0.717) is 12.8 Å². The van der Waals surface area contributed by atoms with Crippen LogP contribution in [0.3, 0.4) is 0 Å². The highest BCUT2D eigenvalue weighted by Gasteiger charge is 2.17. The molecule has 6 heteroatoms. The highest BCUT2D eigenvalue weighted by molar-refractivity contribution is 5.95. The molecule has 138 valence electrons. The third-order valence-electron chi connectivity index (χ3n) is 4.78. The van der Waals surface area contributed by atoms with Crippen LogP contribution in [0.4, 0.5) is 0 Å². The SMILES string of the molecule is N#Cc1cnc(C(=O)Cc2ccc(CCC(N)=O)cc2C2=CCCCC2)[nH]1. The normalized spacial score (nSPS) is 13.7. The second-order valence-electron chi connectivity index (χ2n) is 6.79. The quantitative estimate of drug-likeness (QED) is 0.737. The van der Waals surface area contributed by atoms with E-state index in [-0.39, 0.29) is 29.6 Å². The van der Waals surface area contributed by atoms with Gasteiger partial charge in [-0.1, -0.05) is 24.3 Å². The van der Waals surface area contributed by atoms with Crippen molar-refractivity contribution < 1.29 is 9.59 Å². The molecule has 0 fully saturated rings. The minimum atomic E-state index is -0.321. The molecule has 0 bridgehead atoms. The first-order valence-electron chi connectivity index (χ1n) is 9.14. The Morgan fingerprint density at radius 1 is 1.30 bits per heavy atom. The molecule has 0 saturated carbocycles. The standard InChI is InChI=1S/C21H22N4O2/c22-12-17-13-24-21(25-17)19(26)11-16-8-6-14(7-9-20(23)27)10-18(16)15-4-2-1-3-5-15/h4,6,8,10,13H,1-3,5,7,9,11H2,(H2,23,27)(H,24,25). The number of aromatic nitrogens is 2. The van der Waals surface area contributed by atoms with Gasteiger partial charge in [-0.25, -0.2) is 4.98 Å². The summed E-state index contributed by atoms with van der Waals surface area (Å²) in [6.07, 6.45) is 9.06. The summed E-state index contributed by atoms with van der Waals surface area (Å²) in [6.45, 7) is 0. The van der Waals surface area contributed by atoms with Gasteiger partial charge in [0, 0.05) is 12.8 Å². The van der Waals surface area contributed by atoms with Crippen LogP contribution in [0.5, 0.6) is 0 Å². The number of hydrogen-bond donors (Lipinski definition) is 2. The second-order valence-corrected chi connectivity index (χ2v) is 6.79. The molecule has 3 N–H and O–H groups in total. The molecule has 1 heterocycles. The number of nitrogens with two attached hydrogens (primary N) is 1. The fourth-order valence-corrected chi connectivity index (χ4v) is 3.36. The van der Waals surface area contributed by atoms with Crippen LogP contribution < -0.4 is 5.73 Å². The number of rotatable bonds is 7. The first-order chi connectivity index (χ1) is 13.1. The third-order valence-corrected chi connectivity index (χ3v) is 4.78. The van der Waals surface area contributed by atoms with Crippen molar-refractivity contribution in [2.45, 2.75) is 44.9 Å². The maximum absolute atomic E-state index is 12.6. The van der Waals surface area contributed by atoms with Gasteiger partial charge < -0.3 is 10.7 Å². The summed E-state index contributed by atoms with van der Waals surface area (Å²) in [5.74, 6) is -0.272. The summed E-state index contributed by atoms with van der Waals surface area (Å²) in [4.78, 5) is 30.4. The lowest BCUT2D eigenvalue weighted by Crippen LogP contribution is -2.12. The number of imidazole rings is 1. The lowest BCUT2D eigenvalue weighted by Gasteiger charge is -2.17. The molecule has 1 aliphatic rings. The number of amides is 1. The predicted molar refractivity (Wildman–Crippen MR) is 102 cm³/mol. The number of nitrogens with zero attached hydrogens (tertiary/aromatic N) is 2. The van der Waals surface area contributed by atoms with Gasteiger partial charge in [0.1, 0.15) is 11.8 Å². The number of primary amides is 1. The van der Waals surface area contributed by atoms with Gasteiger partial charge in [-0.2, -0.15) is 5.26 Å². The number of carbonyl (C=O) groups is 2. The van der Waals surface area contributed by atoms with E-state index < -0.39 is 0 Å². The second kappa shape index (κ2) is 8.45. The number of Topliss-reactive ketones (excluding diaryl/α,β-unsaturated/α-hetero) is 1. The number of allylic oxidation sites excluding steroid dienone is 2. The molecule has 0 spiro atoms. The molecule has 3 rings (SSSR count). The van der Waals surface area contributed by atoms with Crippen LogP contribution in [-0.2, 0) is 17.6 Å². The Morgan fingerprint density at radius 3 is 2.81 bits per heavy atom. The minimum absolute atomic E-state index is 0.154. The smallest absolute Gasteiger partial charge is 0.217 e. The fourth-order valence-electron chi connectivity index (χ4n) is 3.36. The molecule has 27 heavy (non-hydrogen) atoms. The van der Waals surface area contributed by atoms with Gasteiger partial charge >= 0.3 is 0 Å². The first kappa shape index (κ1) is 18.6. The Labute approximate surface area is 158 Å². The van der Waals surface area contributed by atoms with E-state index in [9.17, 15) is 9.59 Å². The van der Waals surface area contributed by atoms with Crippen molar-refractivity contribution in [3.05, 3.63) is 58.7 Å². The molecule has 0 aliphatic heterocycles. The molecule has 1 aromatic heterocycles. The van der Waals surface area contributed by atoms with Gasteiger partial charge in [-0.15, -0.1) is 0 Å². The summed E-state index contributed by atoms with van der Waals surface area (Å²) >= 11 is 0. The van der Waals surface area contributed by atoms with Crippen LogP contribution >= 0.6 is 0 Å². The molecule has 2 aromatic rings. The van der Waals surface area contributed by atoms with Crippen molar-refractivity contribution in [2.75, 3.05) is 0 Å². The van der Waals surface area contributed by atoms with E-state index in [1.165, 1.54) is 18.2 Å². The number of H-pyrrole nitrogens is 1. The van der Waals surface area contributed by atoms with E-state index in [1.807, 2.05) is 18.2 Å². The van der Waals surface area contributed by atoms with Gasteiger partial charge in [0.05, 0.1) is 6.20 Å². The van der Waals surface area contributed by atoms with Gasteiger partial charge in [-0.3, -0.25) is 9.59 Å². The van der Waals surface area contributed by atoms with Crippen molar-refractivity contribution in [2.24, 2.45) is 5.73 Å². The zero-order valence-electron chi connectivity index (χ0n) is 15.1. The zero-order valence-corrected chi connectivity index (χ0v) is 15.1. The Kier molecular flexibility index (Phi) is 5.82. The van der Waals surface area contributed by atoms with Gasteiger partial charge in [0.25, 0.3) is 0 Å². The molecule has 0 radical (unpaired) electrons. The first-order valence-corrected chi connectivity index (χ1v) is 9.14. The van der Waals surface area contributed by atoms with Gasteiger partial charge in [0.2, 0.25) is 11.7 Å². The van der Waals surface area contributed by atoms with E-state index in [2.05, 4.69) is 22.1 Å². The molecular formula is C21H22N4O2. The average Bonchev–Trinajstić information content (AvgIpc) is 3.17. The van der Waals surface area contributed by atoms with Gasteiger partial charge in [-0.05, 0) is 54.4 Å². The molecule has 1 amide bonds. The maximum atomic E-state index is 12.6. The number of aromatic amines is 1. The topological polar surface area (TPSA) is 113 Å². The Hall–Kier alpha value is -3.20. The third kappa shape index (κ3) is 4.70. The summed E-state index contributed by atoms with van der Waals surface area (Å²) in [6, 6.07) is 7.91. The zero-order chi connectivity index (χ0) is 19.2. The number of ketones is 1. The lowest BCUT2D eigenvalue weighted by atomic mass is 9.87. The molecule has 0 unspecified atom stereocenters. The highest BCUT2D eigenvalue weighted by Crippen LogP contribution is 2.30. The summed E-state index contributed by atoms with van der Waals surface area (Å²) in [5, 5.41) is 8.88. The van der Waals surface area contributed by atoms with Crippen LogP contribution in [0.15, 0.2) is 30.5 Å². The maximum Gasteiger partial charge on any atom is 0.217 e. The van der Waals surface area contributed by atoms with Crippen molar-refractivity contribution >= 4 is 17.3 Å². The van der Waals surface area contributed by atoms with E-state index >= 15 is 0 Å². The molecule has 1 aromatic carbocycles. The minimum Gasteiger partial charge on any atom is -0.370 e. The van der Waals surface area contributed by atoms with E-state index in [4.69, 9.17) is 11.0 Å². The van der Waals surface area contributed by atoms with Crippen LogP contribution in [0, 0.1) is 11.3 Å². The van der Waals surface area contributed by atoms with Crippen molar-refractivity contribution in [1.29, 1.82) is 5.26 Å². The van der Waals surface area contributed by atoms with Crippen LogP contribution in [0.1, 0.15) is 65.1 Å². The number of aryl methyl sites for hydroxylation is 1. The van der Waals surface area contributed by atoms with Crippen LogP contribution in [0.2, 0.25) is 0 Å². The number of hydrogen-bond acceptors (Lipinski definition) is 4. The average molecular weight is 362 g/mol. The Bertz CT molecular complexity index is 934. The highest BCUT2D eigenvalue weighted by atomic mass is 16.1. The van der Waals surface area contributed by atoms with E-state index in [1.54, 1.807) is 0 Å². The van der Waals surface area contributed by atoms with Crippen LogP contribution in [-0.4, -0.2) is 21.7 Å². The Morgan fingerprint density at radius 2 is 2.15 bits per heavy atom. The number of nitrogens with one attached hydrogen (secondary N) is 1. The Balaban J connectivity index is 1.88. The monoisotopic (exact) mass is 362 g/mol. The predicted octanol–water partition coefficient (Wildman–Crippen LogP) is 3.08. The number of nitriles is 1. The molecule has 1 aliphatic carbocycles. The van der Waals surface area contributed by atoms with Crippen molar-refractivity contribution in [3.8, 4) is 6.07 Å². The largest absolute Gasteiger partial charge is 0.370 e. The molecule has 0 saturated heterocycles. The summed E-state index contributed by atoms with van der Waals surface area (Å²) < 4.78 is 0. The van der Waals surface area contributed by atoms with Gasteiger partial charge in [0.15, 0.2) is 5.82 Å². The summed E-state index contributed by atoms with van der Waals surface area (Å²) in [7, 11) is 0. The molecule has 6 nitrogen and oxygen atoms in total. The van der Waals surface area contributed by atoms with Crippen LogP contribution in [0.25, 0.3) is 5.57 Å². The molecular weight excluding hydrogens is 340 g/mol. The van der Waals surface area contributed by atoms with Crippen molar-refractivity contribution in [3.63, 3.8) is 0 Å². The van der Waals surface area contributed by atoms with E-state index in [0.717, 1.165) is 36.0 Å². The lowest BCUT2D eigenvalue weighted by molar-refractivity contribution is -0.117. The van der Waals surface area contributed by atoms with Crippen molar-refractivity contribution in [1.82, 2.24) is 9.97 Å². The fraction of sp³-hybridized carbons (Fsp3) is 0.333. The summed E-state index contributed by atoms with van der Waals surface area (Å²) in [5.41, 5.74) is 9.83. The number of carbonyl (C=O) groups excluding carboxylic acids is 2. The number of benzene rings is 1. The molecule has 0 atom stereocenters.